The van der Waals surface area contributed by atoms with E-state index in [-0.39, 0.29) is 47.4 Å². The van der Waals surface area contributed by atoms with Gasteiger partial charge < -0.3 is 51.2 Å². The molecule has 0 amide bonds. The lowest BCUT2D eigenvalue weighted by Gasteiger charge is -2.25. The van der Waals surface area contributed by atoms with Crippen molar-refractivity contribution in [2.24, 2.45) is 10.8 Å². The molecule has 26 nitrogen and oxygen atoms in total. The minimum absolute atomic E-state index is 0.00949. The van der Waals surface area contributed by atoms with Crippen LogP contribution in [0.5, 0.6) is 0 Å². The van der Waals surface area contributed by atoms with E-state index in [4.69, 9.17) is 46.0 Å². The monoisotopic (exact) mass is 854 g/mol. The van der Waals surface area contributed by atoms with Gasteiger partial charge in [0, 0.05) is 29.3 Å². The predicted octanol–water partition coefficient (Wildman–Crippen LogP) is -0.276. The van der Waals surface area contributed by atoms with Crippen molar-refractivity contribution in [3.05, 3.63) is 45.8 Å². The van der Waals surface area contributed by atoms with Gasteiger partial charge in [0.05, 0.1) is 19.5 Å². The fraction of sp³-hybridized carbons (Fsp3) is 0.600. The van der Waals surface area contributed by atoms with Gasteiger partial charge in [-0.15, -0.1) is 0 Å². The second kappa shape index (κ2) is 18.2. The summed E-state index contributed by atoms with van der Waals surface area (Å²) in [6.45, 7) is -1.68. The van der Waals surface area contributed by atoms with Crippen LogP contribution in [0.1, 0.15) is 25.3 Å². The van der Waals surface area contributed by atoms with Crippen LogP contribution < -0.4 is 22.9 Å². The van der Waals surface area contributed by atoms with Crippen molar-refractivity contribution < 1.29 is 61.5 Å². The molecule has 2 unspecified atom stereocenters. The van der Waals surface area contributed by atoms with Crippen LogP contribution in [0.4, 0.5) is 11.6 Å². The van der Waals surface area contributed by atoms with Crippen molar-refractivity contribution in [1.82, 2.24) is 29.1 Å². The summed E-state index contributed by atoms with van der Waals surface area (Å²) < 4.78 is 59.4. The average Bonchev–Trinajstić information content (AvgIpc) is 3.80. The van der Waals surface area contributed by atoms with E-state index in [0.717, 1.165) is 10.9 Å². The molecule has 3 aromatic rings. The first-order valence-electron chi connectivity index (χ1n) is 15.8. The quantitative estimate of drug-likeness (QED) is 0.0216. The number of azide groups is 1. The van der Waals surface area contributed by atoms with Crippen molar-refractivity contribution in [2.75, 3.05) is 37.5 Å². The summed E-state index contributed by atoms with van der Waals surface area (Å²) in [5, 5.41) is 14.6. The Balaban J connectivity index is 1.34. The third kappa shape index (κ3) is 10.9. The lowest BCUT2D eigenvalue weighted by Crippen LogP contribution is -2.44. The van der Waals surface area contributed by atoms with Crippen LogP contribution in [-0.2, 0) is 41.7 Å². The van der Waals surface area contributed by atoms with Crippen molar-refractivity contribution in [3.8, 4) is 0 Å². The normalized spacial score (nSPS) is 26.3. The number of nitrogens with zero attached hydrogens (tertiary/aromatic N) is 9. The van der Waals surface area contributed by atoms with Gasteiger partial charge in [0.15, 0.2) is 23.8 Å². The number of phosphoric acid groups is 2. The number of hydrogen-bond donors (Lipinski definition) is 7. The number of nitrogen functional groups attached to an aromatic ring is 2. The molecule has 0 radical (unpaired) electrons. The zero-order chi connectivity index (χ0) is 40.1. The molecule has 0 bridgehead atoms. The zero-order valence-corrected chi connectivity index (χ0v) is 31.8. The second-order valence-electron chi connectivity index (χ2n) is 11.8. The number of aliphatic hydroxyl groups excluding tert-OH is 1. The first kappa shape index (κ1) is 42.7. The average molecular weight is 855 g/mol. The number of aliphatic hydroxyl groups is 1. The molecular formula is C25H36N12O14P2S2. The van der Waals surface area contributed by atoms with E-state index in [9.17, 15) is 38.5 Å². The maximum Gasteiger partial charge on any atom is 0.472 e. The number of carbonyl (C=O) groups excluding carboxylic acids is 1. The maximum atomic E-state index is 13.4. The highest BCUT2D eigenvalue weighted by Gasteiger charge is 2.50. The van der Waals surface area contributed by atoms with Gasteiger partial charge in [0.2, 0.25) is 0 Å². The number of nitrogens with two attached hydrogens (primary N) is 3. The number of imidazole rings is 1. The van der Waals surface area contributed by atoms with Gasteiger partial charge in [0.1, 0.15) is 54.3 Å². The molecule has 2 aliphatic rings. The molecule has 30 heteroatoms. The molecule has 0 aromatic carbocycles. The van der Waals surface area contributed by atoms with E-state index in [1.165, 1.54) is 44.7 Å². The third-order valence-corrected chi connectivity index (χ3v) is 11.7. The first-order chi connectivity index (χ1) is 26.0. The van der Waals surface area contributed by atoms with Gasteiger partial charge in [0.25, 0.3) is 0 Å². The van der Waals surface area contributed by atoms with Crippen molar-refractivity contribution >= 4 is 66.0 Å². The smallest absolute Gasteiger partial charge is 0.455 e. The highest BCUT2D eigenvalue weighted by molar-refractivity contribution is 8.76. The minimum atomic E-state index is -5.18. The van der Waals surface area contributed by atoms with Crippen molar-refractivity contribution in [2.45, 2.75) is 67.1 Å². The third-order valence-electron chi connectivity index (χ3n) is 8.04. The number of aromatic nitrogens is 6. The summed E-state index contributed by atoms with van der Waals surface area (Å²) in [6, 6.07) is 0.00509. The standard InChI is InChI=1S/C25H36N12O14P2S2/c1-54-55-11(6-33-35-29)4-12(26)24(39)50-20-15(49-23(19(20)38)37-10-32-18-21(28)30-9-31-22(18)37)8-47-53(44,45)51-13-5-17(36-3-2-16(27)34-25(36)40)48-14(13)7-46-52(41,42)43/h2-3,9-15,17,19-20,23,38H,4-8,26H2,1H3,(H,44,45)(H2,27,34,40)(H2,28,30,31)(H2,41,42,43)/t11?,12-,13-,14+,15+,17+,19+,20+,23+/m0/s1. The van der Waals surface area contributed by atoms with Crippen molar-refractivity contribution in [3.63, 3.8) is 0 Å². The summed E-state index contributed by atoms with van der Waals surface area (Å²) in [4.78, 5) is 73.5. The molecular weight excluding hydrogens is 818 g/mol. The van der Waals surface area contributed by atoms with E-state index in [1.807, 2.05) is 0 Å². The molecule has 5 rings (SSSR count). The molecule has 10 atom stereocenters. The highest BCUT2D eigenvalue weighted by atomic mass is 33.1. The van der Waals surface area contributed by atoms with E-state index in [2.05, 4.69) is 34.5 Å². The van der Waals surface area contributed by atoms with Gasteiger partial charge in [-0.1, -0.05) is 26.7 Å². The summed E-state index contributed by atoms with van der Waals surface area (Å²) >= 11 is 0. The zero-order valence-electron chi connectivity index (χ0n) is 28.4. The predicted molar refractivity (Wildman–Crippen MR) is 191 cm³/mol. The number of esters is 1. The summed E-state index contributed by atoms with van der Waals surface area (Å²) in [5.41, 5.74) is 25.7. The SMILES string of the molecule is CSSC(CN=[N+]=[N-])C[C@H](N)C(=O)O[C@H]1[C@@H](O)[C@H](n2cnc3c(N)ncnc32)O[C@@H]1COP(=O)(O)O[C@H]1C[C@H](n2ccc(N)nc2=O)O[C@@H]1COP(=O)(O)O. The molecule has 0 spiro atoms. The van der Waals surface area contributed by atoms with E-state index in [1.54, 1.807) is 6.26 Å². The Bertz CT molecular complexity index is 2040. The Kier molecular flexibility index (Phi) is 14.2. The van der Waals surface area contributed by atoms with Crippen molar-refractivity contribution in [1.29, 1.82) is 0 Å². The van der Waals surface area contributed by atoms with Gasteiger partial charge in [-0.2, -0.15) is 4.98 Å². The number of hydrogen-bond acceptors (Lipinski definition) is 21. The van der Waals surface area contributed by atoms with E-state index < -0.39 is 89.5 Å². The van der Waals surface area contributed by atoms with Crippen LogP contribution in [0.3, 0.4) is 0 Å². The molecule has 10 N–H and O–H groups in total. The fourth-order valence-corrected chi connectivity index (χ4v) is 8.83. The Labute approximate surface area is 317 Å². The number of carbonyl (C=O) groups is 1. The first-order valence-corrected chi connectivity index (χ1v) is 21.4. The van der Waals surface area contributed by atoms with Gasteiger partial charge in [-0.05, 0) is 24.3 Å². The topological polar surface area (TPSA) is 393 Å². The van der Waals surface area contributed by atoms with Crippen LogP contribution in [0.2, 0.25) is 0 Å². The van der Waals surface area contributed by atoms with Gasteiger partial charge >= 0.3 is 27.3 Å². The van der Waals surface area contributed by atoms with Crippen LogP contribution in [0.25, 0.3) is 21.6 Å². The fourth-order valence-electron chi connectivity index (χ4n) is 5.61. The Morgan fingerprint density at radius 2 is 1.91 bits per heavy atom. The van der Waals surface area contributed by atoms with Crippen LogP contribution in [-0.4, -0.2) is 123 Å². The Morgan fingerprint density at radius 3 is 2.60 bits per heavy atom. The van der Waals surface area contributed by atoms with Crippen LogP contribution in [0, 0.1) is 0 Å². The van der Waals surface area contributed by atoms with Gasteiger partial charge in [-0.25, -0.2) is 28.9 Å². The number of fused-ring (bicyclic) bond motifs is 1. The van der Waals surface area contributed by atoms with Crippen LogP contribution >= 0.6 is 37.2 Å². The summed E-state index contributed by atoms with van der Waals surface area (Å²) in [6.07, 6.45) is -5.16. The Hall–Kier alpha value is -3.43. The number of phosphoric ester groups is 2. The molecule has 3 aromatic heterocycles. The lowest BCUT2D eigenvalue weighted by molar-refractivity contribution is -0.158. The molecule has 0 aliphatic carbocycles. The maximum absolute atomic E-state index is 13.4. The van der Waals surface area contributed by atoms with Crippen LogP contribution in [0.15, 0.2) is 34.8 Å². The molecule has 2 aliphatic heterocycles. The Morgan fingerprint density at radius 1 is 1.16 bits per heavy atom. The number of rotatable bonds is 18. The van der Waals surface area contributed by atoms with E-state index >= 15 is 0 Å². The second-order valence-corrected chi connectivity index (χ2v) is 17.2. The lowest BCUT2D eigenvalue weighted by atomic mass is 10.1. The molecule has 0 saturated carbocycles. The largest absolute Gasteiger partial charge is 0.472 e. The molecule has 2 saturated heterocycles. The molecule has 302 valence electrons. The summed E-state index contributed by atoms with van der Waals surface area (Å²) in [5.74, 6) is -1.08. The number of anilines is 2. The molecule has 2 fully saturated rings. The number of ether oxygens (including phenoxy) is 3. The summed E-state index contributed by atoms with van der Waals surface area (Å²) in [7, 11) is -7.55. The minimum Gasteiger partial charge on any atom is -0.455 e. The van der Waals surface area contributed by atoms with Gasteiger partial charge in [-0.3, -0.25) is 27.5 Å². The highest BCUT2D eigenvalue weighted by Crippen LogP contribution is 2.50. The van der Waals surface area contributed by atoms with E-state index in [0.29, 0.717) is 0 Å². The molecule has 55 heavy (non-hydrogen) atoms. The molecule has 5 heterocycles.